The fraction of sp³-hybridized carbons (Fsp3) is 0.0968. The first-order chi connectivity index (χ1) is 17.2. The zero-order chi connectivity index (χ0) is 24.5. The lowest BCUT2D eigenvalue weighted by Gasteiger charge is -2.26. The second kappa shape index (κ2) is 12.3. The second-order valence-corrected chi connectivity index (χ2v) is 9.08. The quantitative estimate of drug-likeness (QED) is 0.113. The number of ether oxygens (including phenoxy) is 2. The van der Waals surface area contributed by atoms with Crippen LogP contribution in [0.5, 0.6) is 17.2 Å². The maximum absolute atomic E-state index is 6.08. The first-order valence-corrected chi connectivity index (χ1v) is 12.7. The number of allylic oxidation sites excluding steroid dienone is 4. The highest BCUT2D eigenvalue weighted by Crippen LogP contribution is 2.37. The second-order valence-electron chi connectivity index (χ2n) is 7.83. The highest BCUT2D eigenvalue weighted by Gasteiger charge is 2.13. The van der Waals surface area contributed by atoms with Crippen molar-refractivity contribution >= 4 is 39.7 Å². The SMILES string of the molecule is C/C=C\C=C(/CC)Oc1ccc(N(c2ccc(Oc3ccccc3)cc2)c2cccc(I)c2)cc1. The molecule has 0 aliphatic rings. The van der Waals surface area contributed by atoms with E-state index in [2.05, 4.69) is 82.9 Å². The number of para-hydroxylation sites is 1. The Hall–Kier alpha value is -3.51. The molecule has 0 bridgehead atoms. The highest BCUT2D eigenvalue weighted by atomic mass is 127. The van der Waals surface area contributed by atoms with Gasteiger partial charge in [0.2, 0.25) is 0 Å². The third-order valence-corrected chi connectivity index (χ3v) is 5.98. The van der Waals surface area contributed by atoms with Crippen LogP contribution < -0.4 is 14.4 Å². The summed E-state index contributed by atoms with van der Waals surface area (Å²) in [6.45, 7) is 4.09. The van der Waals surface area contributed by atoms with Crippen molar-refractivity contribution in [2.45, 2.75) is 20.3 Å². The first-order valence-electron chi connectivity index (χ1n) is 11.6. The topological polar surface area (TPSA) is 21.7 Å². The van der Waals surface area contributed by atoms with E-state index in [1.807, 2.05) is 79.7 Å². The highest BCUT2D eigenvalue weighted by molar-refractivity contribution is 14.1. The lowest BCUT2D eigenvalue weighted by Crippen LogP contribution is -2.10. The zero-order valence-electron chi connectivity index (χ0n) is 19.9. The standard InChI is InChI=1S/C31H28INO2/c1-3-5-12-28(4-2)34-30-19-15-25(16-20-30)33(27-11-9-10-24(32)23-27)26-17-21-31(22-18-26)35-29-13-7-6-8-14-29/h3,5-23H,4H2,1-2H3/b5-3-,28-12+. The van der Waals surface area contributed by atoms with Gasteiger partial charge >= 0.3 is 0 Å². The molecule has 176 valence electrons. The fourth-order valence-electron chi connectivity index (χ4n) is 3.59. The molecule has 4 rings (SSSR count). The Balaban J connectivity index is 1.63. The van der Waals surface area contributed by atoms with Gasteiger partial charge in [-0.15, -0.1) is 0 Å². The van der Waals surface area contributed by atoms with E-state index in [-0.39, 0.29) is 0 Å². The minimum absolute atomic E-state index is 0.798. The van der Waals surface area contributed by atoms with Gasteiger partial charge in [-0.2, -0.15) is 0 Å². The Bertz CT molecular complexity index is 1280. The van der Waals surface area contributed by atoms with Gasteiger partial charge in [-0.3, -0.25) is 0 Å². The molecule has 4 aromatic rings. The van der Waals surface area contributed by atoms with Gasteiger partial charge in [-0.05, 0) is 114 Å². The largest absolute Gasteiger partial charge is 0.462 e. The van der Waals surface area contributed by atoms with E-state index in [4.69, 9.17) is 9.47 Å². The van der Waals surface area contributed by atoms with Crippen LogP contribution in [-0.2, 0) is 0 Å². The van der Waals surface area contributed by atoms with Gasteiger partial charge in [0, 0.05) is 27.1 Å². The lowest BCUT2D eigenvalue weighted by molar-refractivity contribution is 0.409. The molecule has 0 saturated heterocycles. The molecule has 0 aliphatic carbocycles. The van der Waals surface area contributed by atoms with Crippen molar-refractivity contribution in [3.05, 3.63) is 131 Å². The van der Waals surface area contributed by atoms with E-state index >= 15 is 0 Å². The molecule has 3 nitrogen and oxygen atoms in total. The van der Waals surface area contributed by atoms with Crippen LogP contribution in [0.1, 0.15) is 20.3 Å². The molecule has 0 aromatic heterocycles. The number of halogens is 1. The Kier molecular flexibility index (Phi) is 8.63. The predicted molar refractivity (Wildman–Crippen MR) is 154 cm³/mol. The summed E-state index contributed by atoms with van der Waals surface area (Å²) in [5, 5.41) is 0. The van der Waals surface area contributed by atoms with Crippen LogP contribution in [0.3, 0.4) is 0 Å². The van der Waals surface area contributed by atoms with Crippen LogP contribution in [0.15, 0.2) is 127 Å². The van der Waals surface area contributed by atoms with Gasteiger partial charge < -0.3 is 14.4 Å². The summed E-state index contributed by atoms with van der Waals surface area (Å²) in [5.74, 6) is 3.37. The van der Waals surface area contributed by atoms with Crippen LogP contribution in [0.4, 0.5) is 17.1 Å². The van der Waals surface area contributed by atoms with Gasteiger partial charge in [0.15, 0.2) is 0 Å². The molecule has 0 fully saturated rings. The van der Waals surface area contributed by atoms with Crippen LogP contribution in [0.2, 0.25) is 0 Å². The van der Waals surface area contributed by atoms with Gasteiger partial charge in [0.05, 0.1) is 0 Å². The molecule has 0 amide bonds. The summed E-state index contributed by atoms with van der Waals surface area (Å²) in [6.07, 6.45) is 6.83. The van der Waals surface area contributed by atoms with Crippen molar-refractivity contribution in [1.29, 1.82) is 0 Å². The number of rotatable bonds is 9. The third kappa shape index (κ3) is 6.76. The number of anilines is 3. The van der Waals surface area contributed by atoms with Crippen molar-refractivity contribution in [3.8, 4) is 17.2 Å². The molecule has 0 atom stereocenters. The Morgan fingerprint density at radius 1 is 0.743 bits per heavy atom. The molecule has 0 N–H and O–H groups in total. The molecule has 4 aromatic carbocycles. The van der Waals surface area contributed by atoms with Crippen LogP contribution in [0.25, 0.3) is 0 Å². The van der Waals surface area contributed by atoms with Crippen LogP contribution in [-0.4, -0.2) is 0 Å². The van der Waals surface area contributed by atoms with E-state index < -0.39 is 0 Å². The maximum atomic E-state index is 6.08. The molecule has 0 saturated carbocycles. The van der Waals surface area contributed by atoms with Crippen LogP contribution in [0, 0.1) is 3.57 Å². The number of benzene rings is 4. The van der Waals surface area contributed by atoms with Gasteiger partial charge in [0.25, 0.3) is 0 Å². The summed E-state index contributed by atoms with van der Waals surface area (Å²) >= 11 is 2.35. The minimum Gasteiger partial charge on any atom is -0.462 e. The fourth-order valence-corrected chi connectivity index (χ4v) is 4.12. The summed E-state index contributed by atoms with van der Waals surface area (Å²) in [5.41, 5.74) is 3.18. The molecule has 4 heteroatoms. The van der Waals surface area contributed by atoms with Gasteiger partial charge in [-0.1, -0.05) is 43.3 Å². The summed E-state index contributed by atoms with van der Waals surface area (Å²) in [6, 6.07) is 34.7. The molecule has 0 unspecified atom stereocenters. The van der Waals surface area contributed by atoms with Crippen molar-refractivity contribution in [3.63, 3.8) is 0 Å². The van der Waals surface area contributed by atoms with E-state index in [0.717, 1.165) is 46.5 Å². The van der Waals surface area contributed by atoms with Crippen molar-refractivity contribution in [2.75, 3.05) is 4.90 Å². The molecule has 0 aliphatic heterocycles. The zero-order valence-corrected chi connectivity index (χ0v) is 22.1. The summed E-state index contributed by atoms with van der Waals surface area (Å²) in [4.78, 5) is 2.23. The summed E-state index contributed by atoms with van der Waals surface area (Å²) in [7, 11) is 0. The van der Waals surface area contributed by atoms with E-state index in [1.54, 1.807) is 0 Å². The van der Waals surface area contributed by atoms with Crippen molar-refractivity contribution < 1.29 is 9.47 Å². The van der Waals surface area contributed by atoms with Crippen molar-refractivity contribution in [1.82, 2.24) is 0 Å². The first kappa shape index (κ1) is 24.6. The van der Waals surface area contributed by atoms with Gasteiger partial charge in [0.1, 0.15) is 23.0 Å². The normalized spacial score (nSPS) is 11.5. The minimum atomic E-state index is 0.798. The number of hydrogen-bond donors (Lipinski definition) is 0. The monoisotopic (exact) mass is 573 g/mol. The molecule has 0 heterocycles. The Morgan fingerprint density at radius 2 is 1.37 bits per heavy atom. The predicted octanol–water partition coefficient (Wildman–Crippen LogP) is 9.80. The van der Waals surface area contributed by atoms with E-state index in [0.29, 0.717) is 0 Å². The smallest absolute Gasteiger partial charge is 0.127 e. The third-order valence-electron chi connectivity index (χ3n) is 5.31. The summed E-state index contributed by atoms with van der Waals surface area (Å²) < 4.78 is 13.2. The molecule has 0 radical (unpaired) electrons. The molecule has 35 heavy (non-hydrogen) atoms. The Morgan fingerprint density at radius 3 is 1.97 bits per heavy atom. The van der Waals surface area contributed by atoms with Crippen LogP contribution >= 0.6 is 22.6 Å². The van der Waals surface area contributed by atoms with Crippen molar-refractivity contribution in [2.24, 2.45) is 0 Å². The average Bonchev–Trinajstić information content (AvgIpc) is 2.89. The molecular formula is C31H28INO2. The van der Waals surface area contributed by atoms with E-state index in [9.17, 15) is 0 Å². The maximum Gasteiger partial charge on any atom is 0.127 e. The number of nitrogens with zero attached hydrogens (tertiary/aromatic N) is 1. The Labute approximate surface area is 221 Å². The van der Waals surface area contributed by atoms with E-state index in [1.165, 1.54) is 3.57 Å². The lowest BCUT2D eigenvalue weighted by atomic mass is 10.2. The molecule has 0 spiro atoms. The number of hydrogen-bond acceptors (Lipinski definition) is 3. The average molecular weight is 573 g/mol. The van der Waals surface area contributed by atoms with Gasteiger partial charge in [-0.25, -0.2) is 0 Å². The molecular weight excluding hydrogens is 545 g/mol.